The fourth-order valence-electron chi connectivity index (χ4n) is 2.53. The van der Waals surface area contributed by atoms with Crippen LogP contribution in [0.1, 0.15) is 11.6 Å². The number of methoxy groups -OCH3 is 3. The van der Waals surface area contributed by atoms with E-state index in [-0.39, 0.29) is 0 Å². The van der Waals surface area contributed by atoms with Crippen LogP contribution in [0.2, 0.25) is 0 Å². The van der Waals surface area contributed by atoms with Gasteiger partial charge in [-0.2, -0.15) is 0 Å². The molecular weight excluding hydrogens is 270 g/mol. The average Bonchev–Trinajstić information content (AvgIpc) is 2.92. The van der Waals surface area contributed by atoms with E-state index in [1.165, 1.54) is 5.69 Å². The second-order valence-corrected chi connectivity index (χ2v) is 4.93. The Balaban J connectivity index is 2.08. The molecule has 0 amide bonds. The lowest BCUT2D eigenvalue weighted by Crippen LogP contribution is -2.40. The lowest BCUT2D eigenvalue weighted by Gasteiger charge is -2.28. The number of hydrogen-bond donors (Lipinski definition) is 1. The van der Waals surface area contributed by atoms with Crippen LogP contribution in [-0.2, 0) is 0 Å². The molecule has 1 saturated heterocycles. The van der Waals surface area contributed by atoms with Crippen molar-refractivity contribution < 1.29 is 14.2 Å². The molecule has 1 aromatic heterocycles. The van der Waals surface area contributed by atoms with Crippen LogP contribution in [-0.4, -0.2) is 44.0 Å². The van der Waals surface area contributed by atoms with E-state index >= 15 is 0 Å². The molecule has 1 N–H and O–H groups in total. The molecule has 1 aliphatic heterocycles. The Morgan fingerprint density at radius 1 is 1.10 bits per heavy atom. The summed E-state index contributed by atoms with van der Waals surface area (Å²) in [4.78, 5) is 4.28. The fourth-order valence-corrected chi connectivity index (χ4v) is 2.53. The Morgan fingerprint density at radius 2 is 1.76 bits per heavy atom. The van der Waals surface area contributed by atoms with Gasteiger partial charge in [-0.05, 0) is 0 Å². The summed E-state index contributed by atoms with van der Waals surface area (Å²) in [6.45, 7) is 1.96. The van der Waals surface area contributed by atoms with E-state index in [1.54, 1.807) is 21.3 Å². The van der Waals surface area contributed by atoms with E-state index in [1.807, 2.05) is 24.7 Å². The van der Waals surface area contributed by atoms with Crippen LogP contribution in [0.25, 0.3) is 5.69 Å². The molecule has 0 unspecified atom stereocenters. The first-order valence-electron chi connectivity index (χ1n) is 6.81. The summed E-state index contributed by atoms with van der Waals surface area (Å²) in [5.74, 6) is 2.36. The molecular formula is C15H19N3O3. The molecule has 0 atom stereocenters. The van der Waals surface area contributed by atoms with Crippen molar-refractivity contribution in [1.29, 1.82) is 0 Å². The van der Waals surface area contributed by atoms with Gasteiger partial charge in [0, 0.05) is 43.0 Å². The molecule has 0 saturated carbocycles. The highest BCUT2D eigenvalue weighted by molar-refractivity contribution is 5.58. The van der Waals surface area contributed by atoms with E-state index in [4.69, 9.17) is 14.2 Å². The number of nitrogens with one attached hydrogen (secondary N) is 1. The molecule has 6 heteroatoms. The minimum atomic E-state index is 0.492. The third-order valence-corrected chi connectivity index (χ3v) is 3.79. The zero-order valence-electron chi connectivity index (χ0n) is 12.4. The predicted octanol–water partition coefficient (Wildman–Crippen LogP) is 1.58. The minimum absolute atomic E-state index is 0.492. The number of rotatable bonds is 5. The van der Waals surface area contributed by atoms with Crippen molar-refractivity contribution in [2.45, 2.75) is 5.92 Å². The van der Waals surface area contributed by atoms with Gasteiger partial charge in [0.25, 0.3) is 0 Å². The van der Waals surface area contributed by atoms with Gasteiger partial charge >= 0.3 is 0 Å². The highest BCUT2D eigenvalue weighted by Crippen LogP contribution is 2.39. The minimum Gasteiger partial charge on any atom is -0.493 e. The van der Waals surface area contributed by atoms with Gasteiger partial charge in [0.1, 0.15) is 0 Å². The molecule has 3 rings (SSSR count). The van der Waals surface area contributed by atoms with Crippen molar-refractivity contribution in [1.82, 2.24) is 14.9 Å². The molecule has 2 heterocycles. The Bertz CT molecular complexity index is 610. The normalized spacial score (nSPS) is 14.6. The topological polar surface area (TPSA) is 57.5 Å². The van der Waals surface area contributed by atoms with Crippen molar-refractivity contribution in [3.8, 4) is 22.9 Å². The maximum atomic E-state index is 5.41. The summed E-state index contributed by atoms with van der Waals surface area (Å²) in [7, 11) is 4.83. The van der Waals surface area contributed by atoms with Crippen molar-refractivity contribution in [3.05, 3.63) is 30.4 Å². The van der Waals surface area contributed by atoms with Gasteiger partial charge in [0.05, 0.1) is 33.3 Å². The Kier molecular flexibility index (Phi) is 3.70. The van der Waals surface area contributed by atoms with Gasteiger partial charge in [-0.1, -0.05) is 0 Å². The molecule has 0 bridgehead atoms. The average molecular weight is 289 g/mol. The number of imidazole rings is 1. The van der Waals surface area contributed by atoms with Crippen molar-refractivity contribution in [3.63, 3.8) is 0 Å². The first-order chi connectivity index (χ1) is 10.3. The highest BCUT2D eigenvalue weighted by Gasteiger charge is 2.24. The molecule has 6 nitrogen and oxygen atoms in total. The summed E-state index contributed by atoms with van der Waals surface area (Å²) in [6, 6.07) is 3.86. The lowest BCUT2D eigenvalue weighted by atomic mass is 10.00. The number of ether oxygens (including phenoxy) is 3. The van der Waals surface area contributed by atoms with Gasteiger partial charge in [-0.3, -0.25) is 0 Å². The van der Waals surface area contributed by atoms with E-state index < -0.39 is 0 Å². The number of nitrogens with zero attached hydrogens (tertiary/aromatic N) is 2. The second kappa shape index (κ2) is 5.65. The van der Waals surface area contributed by atoms with Gasteiger partial charge < -0.3 is 24.1 Å². The zero-order valence-corrected chi connectivity index (χ0v) is 12.4. The smallest absolute Gasteiger partial charge is 0.203 e. The monoisotopic (exact) mass is 289 g/mol. The largest absolute Gasteiger partial charge is 0.493 e. The van der Waals surface area contributed by atoms with Crippen LogP contribution >= 0.6 is 0 Å². The third kappa shape index (κ3) is 2.31. The van der Waals surface area contributed by atoms with E-state index in [0.29, 0.717) is 23.2 Å². The number of aromatic nitrogens is 2. The molecule has 0 aliphatic carbocycles. The first kappa shape index (κ1) is 13.8. The highest BCUT2D eigenvalue weighted by atomic mass is 16.5. The summed E-state index contributed by atoms with van der Waals surface area (Å²) >= 11 is 0. The third-order valence-electron chi connectivity index (χ3n) is 3.79. The van der Waals surface area contributed by atoms with Crippen LogP contribution < -0.4 is 19.5 Å². The van der Waals surface area contributed by atoms with Crippen molar-refractivity contribution in [2.75, 3.05) is 34.4 Å². The number of benzene rings is 1. The van der Waals surface area contributed by atoms with Gasteiger partial charge in [0.15, 0.2) is 11.5 Å². The first-order valence-corrected chi connectivity index (χ1v) is 6.81. The quantitative estimate of drug-likeness (QED) is 0.905. The van der Waals surface area contributed by atoms with Crippen LogP contribution in [0.15, 0.2) is 24.7 Å². The maximum absolute atomic E-state index is 5.41. The summed E-state index contributed by atoms with van der Waals surface area (Å²) < 4.78 is 18.2. The Labute approximate surface area is 123 Å². The molecule has 1 aromatic carbocycles. The standard InChI is InChI=1S/C15H19N3O3/c1-19-13-4-11(5-14(20-2)15(13)21-3)18-9-17-8-12(18)10-6-16-7-10/h4-5,8-10,16H,6-7H2,1-3H3. The number of hydrogen-bond acceptors (Lipinski definition) is 5. The van der Waals surface area contributed by atoms with Crippen LogP contribution in [0, 0.1) is 0 Å². The van der Waals surface area contributed by atoms with Crippen LogP contribution in [0.3, 0.4) is 0 Å². The molecule has 112 valence electrons. The molecule has 1 aliphatic rings. The lowest BCUT2D eigenvalue weighted by molar-refractivity contribution is 0.324. The van der Waals surface area contributed by atoms with E-state index in [9.17, 15) is 0 Å². The maximum Gasteiger partial charge on any atom is 0.203 e. The zero-order chi connectivity index (χ0) is 14.8. The van der Waals surface area contributed by atoms with E-state index in [2.05, 4.69) is 14.9 Å². The van der Waals surface area contributed by atoms with E-state index in [0.717, 1.165) is 18.8 Å². The predicted molar refractivity (Wildman–Crippen MR) is 78.8 cm³/mol. The molecule has 2 aromatic rings. The molecule has 0 spiro atoms. The van der Waals surface area contributed by atoms with Gasteiger partial charge in [-0.15, -0.1) is 0 Å². The molecule has 1 fully saturated rings. The van der Waals surface area contributed by atoms with Gasteiger partial charge in [0.2, 0.25) is 5.75 Å². The second-order valence-electron chi connectivity index (χ2n) is 4.93. The summed E-state index contributed by atoms with van der Waals surface area (Å²) in [5.41, 5.74) is 2.13. The van der Waals surface area contributed by atoms with Crippen LogP contribution in [0.4, 0.5) is 0 Å². The Hall–Kier alpha value is -2.21. The van der Waals surface area contributed by atoms with Crippen molar-refractivity contribution >= 4 is 0 Å². The summed E-state index contributed by atoms with van der Waals surface area (Å²) in [5, 5.41) is 3.28. The fraction of sp³-hybridized carbons (Fsp3) is 0.400. The van der Waals surface area contributed by atoms with Gasteiger partial charge in [-0.25, -0.2) is 4.98 Å². The molecule has 0 radical (unpaired) electrons. The Morgan fingerprint density at radius 3 is 2.24 bits per heavy atom. The van der Waals surface area contributed by atoms with Crippen LogP contribution in [0.5, 0.6) is 17.2 Å². The SMILES string of the molecule is COc1cc(-n2cncc2C2CNC2)cc(OC)c1OC. The van der Waals surface area contributed by atoms with Crippen molar-refractivity contribution in [2.24, 2.45) is 0 Å². The summed E-state index contributed by atoms with van der Waals surface area (Å²) in [6.07, 6.45) is 3.73. The molecule has 21 heavy (non-hydrogen) atoms.